The van der Waals surface area contributed by atoms with Gasteiger partial charge in [0.2, 0.25) is 0 Å². The van der Waals surface area contributed by atoms with E-state index in [1.807, 2.05) is 0 Å². The van der Waals surface area contributed by atoms with E-state index in [9.17, 15) is 31.7 Å². The number of nitrogens with one attached hydrogen (secondary N) is 1. The Morgan fingerprint density at radius 3 is 2.27 bits per heavy atom. The van der Waals surface area contributed by atoms with Gasteiger partial charge >= 0.3 is 0 Å². The summed E-state index contributed by atoms with van der Waals surface area (Å²) >= 11 is 0. The number of rotatable bonds is 11. The van der Waals surface area contributed by atoms with Crippen LogP contribution in [0.3, 0.4) is 0 Å². The monoisotopic (exact) mass is 597 g/mol. The maximum absolute atomic E-state index is 13.6. The maximum atomic E-state index is 13.6. The van der Waals surface area contributed by atoms with Gasteiger partial charge in [-0.05, 0) is 48.2 Å². The van der Waals surface area contributed by atoms with Gasteiger partial charge in [0, 0.05) is 36.3 Å². The average molecular weight is 598 g/mol. The molecule has 0 spiro atoms. The highest BCUT2D eigenvalue weighted by atomic mass is 32.2. The maximum Gasteiger partial charge on any atom is 0.289 e. The smallest absolute Gasteiger partial charge is 0.289 e. The molecule has 4 rings (SSSR count). The SMILES string of the molecule is CCCS(=O)(=O)c1c(S(=O)(=O)CCC)c2cc(-c3ccncc3)ccn2c1C(=O)NN=Cc1cccc([N+](=O)[O-])c1. The van der Waals surface area contributed by atoms with Gasteiger partial charge in [0.1, 0.15) is 15.5 Å². The zero-order valence-corrected chi connectivity index (χ0v) is 23.9. The fourth-order valence-corrected chi connectivity index (χ4v) is 8.38. The van der Waals surface area contributed by atoms with Crippen molar-refractivity contribution in [2.45, 2.75) is 36.5 Å². The van der Waals surface area contributed by atoms with Crippen LogP contribution < -0.4 is 5.43 Å². The summed E-state index contributed by atoms with van der Waals surface area (Å²) in [5.74, 6) is -1.68. The van der Waals surface area contributed by atoms with Crippen LogP contribution in [-0.2, 0) is 19.7 Å². The summed E-state index contributed by atoms with van der Waals surface area (Å²) in [6, 6.07) is 12.1. The Kier molecular flexibility index (Phi) is 8.63. The third-order valence-corrected chi connectivity index (χ3v) is 10.2. The van der Waals surface area contributed by atoms with E-state index in [-0.39, 0.29) is 35.6 Å². The number of hydrogen-bond acceptors (Lipinski definition) is 9. The molecule has 1 aromatic carbocycles. The summed E-state index contributed by atoms with van der Waals surface area (Å²) < 4.78 is 55.6. The zero-order valence-electron chi connectivity index (χ0n) is 22.2. The van der Waals surface area contributed by atoms with E-state index in [4.69, 9.17) is 0 Å². The minimum atomic E-state index is -4.25. The lowest BCUT2D eigenvalue weighted by atomic mass is 10.1. The van der Waals surface area contributed by atoms with Gasteiger partial charge in [-0.15, -0.1) is 0 Å². The zero-order chi connectivity index (χ0) is 29.8. The largest absolute Gasteiger partial charge is 0.310 e. The lowest BCUT2D eigenvalue weighted by Crippen LogP contribution is -2.23. The summed E-state index contributed by atoms with van der Waals surface area (Å²) in [5, 5.41) is 14.9. The Morgan fingerprint density at radius 2 is 1.63 bits per heavy atom. The predicted molar refractivity (Wildman–Crippen MR) is 153 cm³/mol. The molecule has 12 nitrogen and oxygen atoms in total. The molecule has 0 saturated heterocycles. The van der Waals surface area contributed by atoms with Gasteiger partial charge in [-0.3, -0.25) is 19.9 Å². The van der Waals surface area contributed by atoms with Crippen molar-refractivity contribution in [3.63, 3.8) is 0 Å². The summed E-state index contributed by atoms with van der Waals surface area (Å²) in [4.78, 5) is 27.0. The molecule has 41 heavy (non-hydrogen) atoms. The van der Waals surface area contributed by atoms with Crippen LogP contribution in [0.25, 0.3) is 16.6 Å². The van der Waals surface area contributed by atoms with Gasteiger partial charge in [0.05, 0.1) is 28.2 Å². The number of pyridine rings is 2. The Labute approximate surface area is 236 Å². The molecule has 0 saturated carbocycles. The Balaban J connectivity index is 1.94. The molecule has 3 heterocycles. The number of fused-ring (bicyclic) bond motifs is 1. The van der Waals surface area contributed by atoms with Crippen LogP contribution in [0.1, 0.15) is 42.7 Å². The summed E-state index contributed by atoms with van der Waals surface area (Å²) in [7, 11) is -8.40. The molecule has 0 atom stereocenters. The number of hydrogen-bond donors (Lipinski definition) is 1. The first-order chi connectivity index (χ1) is 19.5. The van der Waals surface area contributed by atoms with Crippen LogP contribution in [0.2, 0.25) is 0 Å². The van der Waals surface area contributed by atoms with Gasteiger partial charge in [-0.2, -0.15) is 5.10 Å². The fraction of sp³-hybridized carbons (Fsp3) is 0.222. The number of non-ortho nitro benzene ring substituents is 1. The number of nitrogens with zero attached hydrogens (tertiary/aromatic N) is 4. The highest BCUT2D eigenvalue weighted by Gasteiger charge is 2.37. The Hall–Kier alpha value is -4.43. The lowest BCUT2D eigenvalue weighted by molar-refractivity contribution is -0.384. The number of sulfone groups is 2. The number of amides is 1. The van der Waals surface area contributed by atoms with Gasteiger partial charge in [-0.1, -0.05) is 26.0 Å². The third-order valence-electron chi connectivity index (χ3n) is 6.11. The van der Waals surface area contributed by atoms with Crippen molar-refractivity contribution in [1.82, 2.24) is 14.8 Å². The van der Waals surface area contributed by atoms with Gasteiger partial charge in [0.15, 0.2) is 19.7 Å². The Bertz CT molecular complexity index is 1870. The molecule has 3 aromatic heterocycles. The predicted octanol–water partition coefficient (Wildman–Crippen LogP) is 4.04. The third kappa shape index (κ3) is 6.18. The first-order valence-corrected chi connectivity index (χ1v) is 15.9. The van der Waals surface area contributed by atoms with Crippen molar-refractivity contribution in [2.24, 2.45) is 5.10 Å². The van der Waals surface area contributed by atoms with E-state index in [1.54, 1.807) is 44.4 Å². The van der Waals surface area contributed by atoms with Crippen LogP contribution in [0.5, 0.6) is 0 Å². The van der Waals surface area contributed by atoms with E-state index < -0.39 is 46.0 Å². The van der Waals surface area contributed by atoms with Crippen molar-refractivity contribution in [3.8, 4) is 11.1 Å². The number of hydrazone groups is 1. The van der Waals surface area contributed by atoms with E-state index >= 15 is 0 Å². The molecule has 4 aromatic rings. The number of carbonyl (C=O) groups is 1. The average Bonchev–Trinajstić information content (AvgIpc) is 3.30. The standard InChI is InChI=1S/C27H27N5O7S2/c1-3-14-40(36,37)25-23-17-21(20-8-11-28-12-9-20)10-13-31(23)24(26(25)41(38,39)15-4-2)27(33)30-29-18-19-6-5-7-22(16-19)32(34)35/h5-13,16-18H,3-4,14-15H2,1-2H3,(H,30,33). The van der Waals surface area contributed by atoms with Crippen molar-refractivity contribution in [2.75, 3.05) is 11.5 Å². The minimum absolute atomic E-state index is 0.0373. The van der Waals surface area contributed by atoms with Crippen LogP contribution in [0.4, 0.5) is 5.69 Å². The second kappa shape index (κ2) is 12.0. The van der Waals surface area contributed by atoms with Crippen LogP contribution in [0, 0.1) is 10.1 Å². The van der Waals surface area contributed by atoms with Crippen LogP contribution in [0.15, 0.2) is 82.0 Å². The normalized spacial score (nSPS) is 12.1. The summed E-state index contributed by atoms with van der Waals surface area (Å²) in [5.41, 5.74) is 3.34. The molecular formula is C27H27N5O7S2. The van der Waals surface area contributed by atoms with Crippen molar-refractivity contribution in [1.29, 1.82) is 0 Å². The minimum Gasteiger partial charge on any atom is -0.310 e. The quantitative estimate of drug-likeness (QED) is 0.153. The topological polar surface area (TPSA) is 170 Å². The molecule has 1 N–H and O–H groups in total. The second-order valence-corrected chi connectivity index (χ2v) is 13.2. The number of aromatic nitrogens is 2. The molecule has 0 radical (unpaired) electrons. The molecule has 0 unspecified atom stereocenters. The van der Waals surface area contributed by atoms with E-state index in [0.29, 0.717) is 16.7 Å². The first-order valence-electron chi connectivity index (χ1n) is 12.6. The molecule has 0 fully saturated rings. The van der Waals surface area contributed by atoms with Gasteiger partial charge in [0.25, 0.3) is 11.6 Å². The lowest BCUT2D eigenvalue weighted by Gasteiger charge is -2.08. The van der Waals surface area contributed by atoms with Crippen LogP contribution in [-0.4, -0.2) is 54.8 Å². The van der Waals surface area contributed by atoms with E-state index in [0.717, 1.165) is 6.21 Å². The van der Waals surface area contributed by atoms with Crippen molar-refractivity contribution >= 4 is 43.0 Å². The first kappa shape index (κ1) is 29.6. The molecule has 0 aliphatic heterocycles. The highest BCUT2D eigenvalue weighted by molar-refractivity contribution is 7.94. The summed E-state index contributed by atoms with van der Waals surface area (Å²) in [6.45, 7) is 3.30. The highest BCUT2D eigenvalue weighted by Crippen LogP contribution is 2.36. The molecule has 14 heteroatoms. The number of nitro benzene ring substituents is 1. The second-order valence-electron chi connectivity index (χ2n) is 9.10. The van der Waals surface area contributed by atoms with Gasteiger partial charge < -0.3 is 4.40 Å². The number of nitro groups is 1. The van der Waals surface area contributed by atoms with Crippen molar-refractivity contribution < 1.29 is 26.6 Å². The molecular weight excluding hydrogens is 570 g/mol. The van der Waals surface area contributed by atoms with Gasteiger partial charge in [-0.25, -0.2) is 22.3 Å². The van der Waals surface area contributed by atoms with Crippen LogP contribution >= 0.6 is 0 Å². The summed E-state index contributed by atoms with van der Waals surface area (Å²) in [6.07, 6.45) is 6.17. The van der Waals surface area contributed by atoms with E-state index in [1.165, 1.54) is 40.9 Å². The Morgan fingerprint density at radius 1 is 0.976 bits per heavy atom. The fourth-order valence-electron chi connectivity index (χ4n) is 4.41. The molecule has 0 aliphatic carbocycles. The molecule has 214 valence electrons. The van der Waals surface area contributed by atoms with Crippen molar-refractivity contribution in [3.05, 3.63) is 88.5 Å². The molecule has 0 bridgehead atoms. The molecule has 1 amide bonds. The molecule has 0 aliphatic rings. The number of carbonyl (C=O) groups excluding carboxylic acids is 1. The van der Waals surface area contributed by atoms with E-state index in [2.05, 4.69) is 15.5 Å². The number of benzene rings is 1.